The highest BCUT2D eigenvalue weighted by atomic mass is 16.4. The maximum absolute atomic E-state index is 12.7. The Morgan fingerprint density at radius 1 is 1.04 bits per heavy atom. The molecule has 3 aliphatic rings. The Bertz CT molecular complexity index is 694. The van der Waals surface area contributed by atoms with Crippen LogP contribution in [0.2, 0.25) is 0 Å². The molecule has 0 spiro atoms. The van der Waals surface area contributed by atoms with Crippen molar-refractivity contribution in [3.05, 3.63) is 34.9 Å². The van der Waals surface area contributed by atoms with Gasteiger partial charge in [0.25, 0.3) is 0 Å². The van der Waals surface area contributed by atoms with Crippen LogP contribution in [0.1, 0.15) is 40.7 Å². The lowest BCUT2D eigenvalue weighted by Gasteiger charge is -2.43. The topological polar surface area (TPSA) is 64.1 Å². The molecular formula is C20H27N3O3. The van der Waals surface area contributed by atoms with Crippen molar-refractivity contribution in [1.82, 2.24) is 14.7 Å². The number of fused-ring (bicyclic) bond motifs is 1. The van der Waals surface area contributed by atoms with Gasteiger partial charge in [0.2, 0.25) is 5.91 Å². The smallest absolute Gasteiger partial charge is 0.335 e. The van der Waals surface area contributed by atoms with E-state index >= 15 is 0 Å². The highest BCUT2D eigenvalue weighted by molar-refractivity contribution is 5.88. The van der Waals surface area contributed by atoms with E-state index in [-0.39, 0.29) is 5.91 Å². The van der Waals surface area contributed by atoms with Gasteiger partial charge in [0.05, 0.1) is 12.1 Å². The molecule has 0 bridgehead atoms. The zero-order valence-electron chi connectivity index (χ0n) is 15.2. The maximum atomic E-state index is 12.7. The molecule has 2 fully saturated rings. The molecule has 4 rings (SSSR count). The first-order valence-corrected chi connectivity index (χ1v) is 9.69. The molecule has 140 valence electrons. The van der Waals surface area contributed by atoms with E-state index in [1.165, 1.54) is 24.8 Å². The summed E-state index contributed by atoms with van der Waals surface area (Å²) in [4.78, 5) is 30.5. The highest BCUT2D eigenvalue weighted by Crippen LogP contribution is 2.25. The Labute approximate surface area is 154 Å². The van der Waals surface area contributed by atoms with Gasteiger partial charge in [-0.25, -0.2) is 4.79 Å². The van der Waals surface area contributed by atoms with Gasteiger partial charge in [0.1, 0.15) is 0 Å². The lowest BCUT2D eigenvalue weighted by Crippen LogP contribution is -2.55. The first kappa shape index (κ1) is 17.5. The number of piperazine rings is 1. The van der Waals surface area contributed by atoms with Crippen molar-refractivity contribution >= 4 is 11.9 Å². The summed E-state index contributed by atoms with van der Waals surface area (Å²) in [6.45, 7) is 5.62. The number of hydrogen-bond acceptors (Lipinski definition) is 4. The van der Waals surface area contributed by atoms with Gasteiger partial charge in [-0.1, -0.05) is 12.5 Å². The van der Waals surface area contributed by atoms with Crippen LogP contribution in [0.25, 0.3) is 0 Å². The Hall–Kier alpha value is -1.92. The molecule has 1 amide bonds. The summed E-state index contributed by atoms with van der Waals surface area (Å²) in [5.41, 5.74) is 2.57. The number of carbonyl (C=O) groups is 2. The van der Waals surface area contributed by atoms with Gasteiger partial charge in [-0.2, -0.15) is 0 Å². The molecule has 1 aliphatic carbocycles. The van der Waals surface area contributed by atoms with Crippen LogP contribution < -0.4 is 0 Å². The minimum Gasteiger partial charge on any atom is -0.478 e. The van der Waals surface area contributed by atoms with Gasteiger partial charge in [-0.15, -0.1) is 0 Å². The molecule has 2 aliphatic heterocycles. The van der Waals surface area contributed by atoms with Gasteiger partial charge >= 0.3 is 5.97 Å². The van der Waals surface area contributed by atoms with Crippen LogP contribution in [0, 0.1) is 0 Å². The number of carbonyl (C=O) groups excluding carboxylic acids is 1. The average Bonchev–Trinajstić information content (AvgIpc) is 2.60. The van der Waals surface area contributed by atoms with Crippen molar-refractivity contribution in [2.45, 2.75) is 38.3 Å². The molecule has 0 atom stereocenters. The number of carboxylic acids is 1. The third kappa shape index (κ3) is 3.62. The van der Waals surface area contributed by atoms with Crippen LogP contribution in [-0.4, -0.2) is 77.0 Å². The molecule has 0 unspecified atom stereocenters. The van der Waals surface area contributed by atoms with E-state index < -0.39 is 5.97 Å². The minimum atomic E-state index is -0.898. The number of benzene rings is 1. The van der Waals surface area contributed by atoms with Gasteiger partial charge in [-0.3, -0.25) is 14.6 Å². The van der Waals surface area contributed by atoms with Crippen LogP contribution in [0.4, 0.5) is 0 Å². The third-order valence-corrected chi connectivity index (χ3v) is 6.16. The molecular weight excluding hydrogens is 330 g/mol. The van der Waals surface area contributed by atoms with E-state index in [0.29, 0.717) is 18.7 Å². The van der Waals surface area contributed by atoms with E-state index in [2.05, 4.69) is 9.80 Å². The van der Waals surface area contributed by atoms with E-state index in [9.17, 15) is 14.7 Å². The Morgan fingerprint density at radius 3 is 2.46 bits per heavy atom. The predicted octanol–water partition coefficient (Wildman–Crippen LogP) is 1.44. The first-order valence-electron chi connectivity index (χ1n) is 9.69. The van der Waals surface area contributed by atoms with Crippen LogP contribution in [0.5, 0.6) is 0 Å². The van der Waals surface area contributed by atoms with E-state index in [0.717, 1.165) is 50.7 Å². The number of carboxylic acid groups (broad SMARTS) is 1. The number of rotatable bonds is 4. The fraction of sp³-hybridized carbons (Fsp3) is 0.600. The van der Waals surface area contributed by atoms with Crippen molar-refractivity contribution in [2.24, 2.45) is 0 Å². The van der Waals surface area contributed by atoms with Crippen LogP contribution in [-0.2, 0) is 17.8 Å². The summed E-state index contributed by atoms with van der Waals surface area (Å²) in [5, 5.41) is 9.17. The normalized spacial score (nSPS) is 21.9. The highest BCUT2D eigenvalue weighted by Gasteiger charge is 2.30. The predicted molar refractivity (Wildman–Crippen MR) is 98.2 cm³/mol. The van der Waals surface area contributed by atoms with Crippen molar-refractivity contribution in [3.63, 3.8) is 0 Å². The molecule has 1 aromatic rings. The van der Waals surface area contributed by atoms with Gasteiger partial charge < -0.3 is 10.0 Å². The summed E-state index contributed by atoms with van der Waals surface area (Å²) in [6.07, 6.45) is 4.86. The zero-order chi connectivity index (χ0) is 18.1. The number of nitrogens with zero attached hydrogens (tertiary/aromatic N) is 3. The van der Waals surface area contributed by atoms with Crippen molar-refractivity contribution in [1.29, 1.82) is 0 Å². The standard InChI is InChI=1S/C20H27N3O3/c24-19(23-10-8-22(9-11-23)18-2-1-3-18)14-21-7-6-15-4-5-16(20(25)26)12-17(15)13-21/h4-5,12,18H,1-3,6-11,13-14H2,(H,25,26). The molecule has 1 saturated heterocycles. The van der Waals surface area contributed by atoms with E-state index in [4.69, 9.17) is 0 Å². The van der Waals surface area contributed by atoms with E-state index in [1.54, 1.807) is 12.1 Å². The third-order valence-electron chi connectivity index (χ3n) is 6.16. The first-order chi connectivity index (χ1) is 12.6. The average molecular weight is 357 g/mol. The van der Waals surface area contributed by atoms with Crippen LogP contribution in [0.15, 0.2) is 18.2 Å². The summed E-state index contributed by atoms with van der Waals surface area (Å²) in [6, 6.07) is 6.10. The van der Waals surface area contributed by atoms with Gasteiger partial charge in [0.15, 0.2) is 0 Å². The second-order valence-corrected chi connectivity index (χ2v) is 7.75. The lowest BCUT2D eigenvalue weighted by atomic mass is 9.91. The zero-order valence-corrected chi connectivity index (χ0v) is 15.2. The second kappa shape index (κ2) is 7.37. The Morgan fingerprint density at radius 2 is 1.81 bits per heavy atom. The monoisotopic (exact) mass is 357 g/mol. The summed E-state index contributed by atoms with van der Waals surface area (Å²) >= 11 is 0. The SMILES string of the molecule is O=C(O)c1ccc2c(c1)CN(CC(=O)N1CCN(C3CCC3)CC1)CC2. The van der Waals surface area contributed by atoms with Crippen LogP contribution in [0.3, 0.4) is 0 Å². The molecule has 0 radical (unpaired) electrons. The number of amides is 1. The summed E-state index contributed by atoms with van der Waals surface area (Å²) in [7, 11) is 0. The number of hydrogen-bond donors (Lipinski definition) is 1. The van der Waals surface area contributed by atoms with Crippen molar-refractivity contribution in [2.75, 3.05) is 39.3 Å². The fourth-order valence-electron chi connectivity index (χ4n) is 4.26. The fourth-order valence-corrected chi connectivity index (χ4v) is 4.26. The van der Waals surface area contributed by atoms with Gasteiger partial charge in [-0.05, 0) is 42.5 Å². The Kier molecular flexibility index (Phi) is 4.96. The molecule has 6 nitrogen and oxygen atoms in total. The van der Waals surface area contributed by atoms with Crippen molar-refractivity contribution in [3.8, 4) is 0 Å². The molecule has 6 heteroatoms. The molecule has 26 heavy (non-hydrogen) atoms. The molecule has 0 aromatic heterocycles. The number of aromatic carboxylic acids is 1. The summed E-state index contributed by atoms with van der Waals surface area (Å²) in [5.74, 6) is -0.693. The molecule has 1 aromatic carbocycles. The summed E-state index contributed by atoms with van der Waals surface area (Å²) < 4.78 is 0. The Balaban J connectivity index is 1.31. The molecule has 1 saturated carbocycles. The van der Waals surface area contributed by atoms with Gasteiger partial charge in [0, 0.05) is 45.3 Å². The largest absolute Gasteiger partial charge is 0.478 e. The van der Waals surface area contributed by atoms with E-state index in [1.807, 2.05) is 11.0 Å². The second-order valence-electron chi connectivity index (χ2n) is 7.75. The van der Waals surface area contributed by atoms with Crippen LogP contribution >= 0.6 is 0 Å². The van der Waals surface area contributed by atoms with Crippen molar-refractivity contribution < 1.29 is 14.7 Å². The lowest BCUT2D eigenvalue weighted by molar-refractivity contribution is -0.135. The maximum Gasteiger partial charge on any atom is 0.335 e. The molecule has 2 heterocycles. The minimum absolute atomic E-state index is 0.205. The molecule has 1 N–H and O–H groups in total. The quantitative estimate of drug-likeness (QED) is 0.883.